The second-order valence-electron chi connectivity index (χ2n) is 6.14. The van der Waals surface area contributed by atoms with Gasteiger partial charge in [0.05, 0.1) is 14.2 Å². The lowest BCUT2D eigenvalue weighted by molar-refractivity contribution is 0.373. The Kier molecular flexibility index (Phi) is 5.67. The van der Waals surface area contributed by atoms with Crippen molar-refractivity contribution in [2.24, 2.45) is 0 Å². The van der Waals surface area contributed by atoms with Crippen molar-refractivity contribution < 1.29 is 19.7 Å². The van der Waals surface area contributed by atoms with Crippen LogP contribution in [0.1, 0.15) is 22.3 Å². The molecule has 3 aromatic rings. The molecule has 0 bridgehead atoms. The van der Waals surface area contributed by atoms with E-state index >= 15 is 0 Å². The van der Waals surface area contributed by atoms with Crippen LogP contribution in [0.4, 0.5) is 0 Å². The molecule has 0 saturated carbocycles. The predicted molar refractivity (Wildman–Crippen MR) is 107 cm³/mol. The SMILES string of the molecule is COc1cc(/C=C/c2cc(O)cc(OC)c2Cc2ccccc2)ccc1O. The maximum Gasteiger partial charge on any atom is 0.161 e. The molecule has 138 valence electrons. The largest absolute Gasteiger partial charge is 0.508 e. The molecule has 0 fully saturated rings. The van der Waals surface area contributed by atoms with E-state index in [1.54, 1.807) is 37.4 Å². The Balaban J connectivity index is 1.99. The summed E-state index contributed by atoms with van der Waals surface area (Å²) in [5.41, 5.74) is 3.88. The summed E-state index contributed by atoms with van der Waals surface area (Å²) < 4.78 is 10.6. The van der Waals surface area contributed by atoms with Gasteiger partial charge in [-0.2, -0.15) is 0 Å². The van der Waals surface area contributed by atoms with Crippen LogP contribution in [0.15, 0.2) is 60.7 Å². The molecule has 0 spiro atoms. The summed E-state index contributed by atoms with van der Waals surface area (Å²) in [7, 11) is 3.11. The number of ether oxygens (including phenoxy) is 2. The molecule has 0 unspecified atom stereocenters. The van der Waals surface area contributed by atoms with E-state index in [4.69, 9.17) is 9.47 Å². The summed E-state index contributed by atoms with van der Waals surface area (Å²) >= 11 is 0. The van der Waals surface area contributed by atoms with Crippen LogP contribution in [0.3, 0.4) is 0 Å². The third-order valence-corrected chi connectivity index (χ3v) is 4.33. The lowest BCUT2D eigenvalue weighted by Gasteiger charge is -2.13. The highest BCUT2D eigenvalue weighted by molar-refractivity contribution is 5.74. The van der Waals surface area contributed by atoms with E-state index in [-0.39, 0.29) is 11.5 Å². The van der Waals surface area contributed by atoms with Crippen molar-refractivity contribution in [1.29, 1.82) is 0 Å². The molecule has 27 heavy (non-hydrogen) atoms. The van der Waals surface area contributed by atoms with E-state index in [1.165, 1.54) is 7.11 Å². The summed E-state index contributed by atoms with van der Waals surface area (Å²) in [6.07, 6.45) is 4.51. The number of methoxy groups -OCH3 is 2. The predicted octanol–water partition coefficient (Wildman–Crippen LogP) is 4.88. The lowest BCUT2D eigenvalue weighted by Crippen LogP contribution is -1.97. The van der Waals surface area contributed by atoms with Crippen molar-refractivity contribution >= 4 is 12.2 Å². The van der Waals surface area contributed by atoms with Gasteiger partial charge < -0.3 is 19.7 Å². The zero-order valence-electron chi connectivity index (χ0n) is 15.3. The first-order chi connectivity index (χ1) is 13.1. The monoisotopic (exact) mass is 362 g/mol. The van der Waals surface area contributed by atoms with Gasteiger partial charge in [-0.15, -0.1) is 0 Å². The van der Waals surface area contributed by atoms with Gasteiger partial charge in [-0.05, 0) is 34.9 Å². The smallest absolute Gasteiger partial charge is 0.161 e. The van der Waals surface area contributed by atoms with Gasteiger partial charge in [-0.25, -0.2) is 0 Å². The van der Waals surface area contributed by atoms with Crippen LogP contribution in [0.25, 0.3) is 12.2 Å². The quantitative estimate of drug-likeness (QED) is 0.614. The molecule has 3 rings (SSSR count). The fourth-order valence-corrected chi connectivity index (χ4v) is 2.96. The van der Waals surface area contributed by atoms with Crippen LogP contribution < -0.4 is 9.47 Å². The van der Waals surface area contributed by atoms with Gasteiger partial charge in [0.15, 0.2) is 11.5 Å². The van der Waals surface area contributed by atoms with Gasteiger partial charge in [0.25, 0.3) is 0 Å². The first-order valence-corrected chi connectivity index (χ1v) is 8.59. The molecular weight excluding hydrogens is 340 g/mol. The molecule has 0 aromatic heterocycles. The summed E-state index contributed by atoms with van der Waals surface area (Å²) in [4.78, 5) is 0. The Morgan fingerprint density at radius 3 is 2.26 bits per heavy atom. The highest BCUT2D eigenvalue weighted by atomic mass is 16.5. The van der Waals surface area contributed by atoms with Gasteiger partial charge in [0, 0.05) is 18.1 Å². The Bertz CT molecular complexity index is 946. The van der Waals surface area contributed by atoms with Crippen molar-refractivity contribution in [1.82, 2.24) is 0 Å². The summed E-state index contributed by atoms with van der Waals surface area (Å²) in [6.45, 7) is 0. The van der Waals surface area contributed by atoms with E-state index in [1.807, 2.05) is 30.4 Å². The van der Waals surface area contributed by atoms with Crippen LogP contribution in [-0.4, -0.2) is 24.4 Å². The molecule has 2 N–H and O–H groups in total. The molecule has 0 atom stereocenters. The van der Waals surface area contributed by atoms with E-state index in [0.29, 0.717) is 17.9 Å². The highest BCUT2D eigenvalue weighted by Crippen LogP contribution is 2.32. The zero-order chi connectivity index (χ0) is 19.2. The van der Waals surface area contributed by atoms with Crippen molar-refractivity contribution in [3.05, 3.63) is 82.9 Å². The standard InChI is InChI=1S/C23H22O4/c1-26-22-15-19(24)14-18(20(22)12-16-6-4-3-5-7-16)10-8-17-9-11-21(25)23(13-17)27-2/h3-11,13-15,24-25H,12H2,1-2H3/b10-8+. The van der Waals surface area contributed by atoms with Crippen LogP contribution >= 0.6 is 0 Å². The molecule has 0 heterocycles. The van der Waals surface area contributed by atoms with Crippen LogP contribution in [0.2, 0.25) is 0 Å². The van der Waals surface area contributed by atoms with Gasteiger partial charge >= 0.3 is 0 Å². The third kappa shape index (κ3) is 4.42. The van der Waals surface area contributed by atoms with E-state index in [9.17, 15) is 10.2 Å². The average Bonchev–Trinajstić information content (AvgIpc) is 2.69. The van der Waals surface area contributed by atoms with E-state index in [2.05, 4.69) is 12.1 Å². The van der Waals surface area contributed by atoms with Crippen molar-refractivity contribution in [2.45, 2.75) is 6.42 Å². The first kappa shape index (κ1) is 18.4. The van der Waals surface area contributed by atoms with E-state index in [0.717, 1.165) is 22.3 Å². The van der Waals surface area contributed by atoms with Crippen LogP contribution in [0, 0.1) is 0 Å². The molecule has 0 aliphatic rings. The molecular formula is C23H22O4. The van der Waals surface area contributed by atoms with E-state index < -0.39 is 0 Å². The van der Waals surface area contributed by atoms with Gasteiger partial charge in [-0.1, -0.05) is 48.6 Å². The number of benzene rings is 3. The summed E-state index contributed by atoms with van der Waals surface area (Å²) in [5, 5.41) is 19.8. The second kappa shape index (κ2) is 8.32. The topological polar surface area (TPSA) is 58.9 Å². The Morgan fingerprint density at radius 2 is 1.56 bits per heavy atom. The van der Waals surface area contributed by atoms with Crippen LogP contribution in [0.5, 0.6) is 23.0 Å². The average molecular weight is 362 g/mol. The number of hydrogen-bond donors (Lipinski definition) is 2. The summed E-state index contributed by atoms with van der Waals surface area (Å²) in [5.74, 6) is 1.29. The second-order valence-corrected chi connectivity index (χ2v) is 6.14. The molecule has 0 saturated heterocycles. The maximum atomic E-state index is 10.1. The fraction of sp³-hybridized carbons (Fsp3) is 0.130. The minimum Gasteiger partial charge on any atom is -0.508 e. The number of hydrogen-bond acceptors (Lipinski definition) is 4. The maximum absolute atomic E-state index is 10.1. The molecule has 4 heteroatoms. The minimum absolute atomic E-state index is 0.0958. The molecule has 0 aliphatic heterocycles. The Labute approximate surface area is 158 Å². The summed E-state index contributed by atoms with van der Waals surface area (Å²) in [6, 6.07) is 18.6. The number of phenols is 2. The molecule has 3 aromatic carbocycles. The highest BCUT2D eigenvalue weighted by Gasteiger charge is 2.11. The number of rotatable bonds is 6. The fourth-order valence-electron chi connectivity index (χ4n) is 2.96. The van der Waals surface area contributed by atoms with Crippen molar-refractivity contribution in [3.8, 4) is 23.0 Å². The van der Waals surface area contributed by atoms with Gasteiger partial charge in [0.1, 0.15) is 11.5 Å². The molecule has 4 nitrogen and oxygen atoms in total. The van der Waals surface area contributed by atoms with Gasteiger partial charge in [0.2, 0.25) is 0 Å². The van der Waals surface area contributed by atoms with Crippen molar-refractivity contribution in [2.75, 3.05) is 14.2 Å². The Hall–Kier alpha value is -3.40. The molecule has 0 aliphatic carbocycles. The minimum atomic E-state index is 0.0958. The molecule has 0 amide bonds. The first-order valence-electron chi connectivity index (χ1n) is 8.59. The zero-order valence-corrected chi connectivity index (χ0v) is 15.3. The van der Waals surface area contributed by atoms with Gasteiger partial charge in [-0.3, -0.25) is 0 Å². The van der Waals surface area contributed by atoms with Crippen molar-refractivity contribution in [3.63, 3.8) is 0 Å². The lowest BCUT2D eigenvalue weighted by atomic mass is 9.97. The Morgan fingerprint density at radius 1 is 0.815 bits per heavy atom. The number of aromatic hydroxyl groups is 2. The number of phenolic OH excluding ortho intramolecular Hbond substituents is 2. The normalized spacial score (nSPS) is 10.9. The third-order valence-electron chi connectivity index (χ3n) is 4.33. The van der Waals surface area contributed by atoms with Crippen LogP contribution in [-0.2, 0) is 6.42 Å². The molecule has 0 radical (unpaired) electrons.